The van der Waals surface area contributed by atoms with Crippen molar-refractivity contribution in [2.45, 2.75) is 70.9 Å². The van der Waals surface area contributed by atoms with Crippen molar-refractivity contribution in [3.8, 4) is 0 Å². The van der Waals surface area contributed by atoms with Crippen LogP contribution in [0, 0.1) is 0 Å². The van der Waals surface area contributed by atoms with Gasteiger partial charge >= 0.3 is 6.09 Å². The summed E-state index contributed by atoms with van der Waals surface area (Å²) in [4.78, 5) is 24.4. The molecule has 0 radical (unpaired) electrons. The molecule has 1 heterocycles. The van der Waals surface area contributed by atoms with Gasteiger partial charge in [0.1, 0.15) is 11.4 Å². The summed E-state index contributed by atoms with van der Waals surface area (Å²) in [6.45, 7) is 7.80. The quantitative estimate of drug-likeness (QED) is 0.863. The predicted octanol–water partition coefficient (Wildman–Crippen LogP) is 3.41. The van der Waals surface area contributed by atoms with Crippen LogP contribution in [0.3, 0.4) is 0 Å². The molecule has 1 saturated carbocycles. The minimum Gasteiger partial charge on any atom is -0.456 e. The number of hydrogen-bond acceptors (Lipinski definition) is 4. The number of alkyl carbamates (subject to hydrolysis) is 1. The summed E-state index contributed by atoms with van der Waals surface area (Å²) < 4.78 is 10.8. The maximum Gasteiger partial charge on any atom is 0.407 e. The first-order chi connectivity index (χ1) is 11.2. The summed E-state index contributed by atoms with van der Waals surface area (Å²) in [6, 6.07) is 3.51. The van der Waals surface area contributed by atoms with Crippen LogP contribution in [-0.4, -0.2) is 29.7 Å². The topological polar surface area (TPSA) is 80.6 Å². The number of hydrogen-bond donors (Lipinski definition) is 2. The van der Waals surface area contributed by atoms with Crippen molar-refractivity contribution in [2.75, 3.05) is 6.54 Å². The molecule has 0 spiro atoms. The highest BCUT2D eigenvalue weighted by atomic mass is 16.6. The molecule has 134 valence electrons. The molecule has 1 aromatic rings. The van der Waals surface area contributed by atoms with Crippen molar-refractivity contribution in [3.63, 3.8) is 0 Å². The fourth-order valence-corrected chi connectivity index (χ4v) is 2.95. The summed E-state index contributed by atoms with van der Waals surface area (Å²) in [7, 11) is 0. The largest absolute Gasteiger partial charge is 0.456 e. The SMILES string of the molecule is CCc1ccc(C(=O)NC2(CNC(=O)OC(C)(C)C)CCCC2)o1. The van der Waals surface area contributed by atoms with Crippen LogP contribution in [-0.2, 0) is 11.2 Å². The van der Waals surface area contributed by atoms with E-state index in [1.165, 1.54) is 0 Å². The number of carbonyl (C=O) groups is 2. The van der Waals surface area contributed by atoms with Crippen LogP contribution < -0.4 is 10.6 Å². The van der Waals surface area contributed by atoms with Gasteiger partial charge < -0.3 is 19.8 Å². The number of nitrogens with one attached hydrogen (secondary N) is 2. The van der Waals surface area contributed by atoms with Gasteiger partial charge in [0.2, 0.25) is 0 Å². The second kappa shape index (κ2) is 7.28. The molecule has 0 bridgehead atoms. The van der Waals surface area contributed by atoms with Crippen molar-refractivity contribution >= 4 is 12.0 Å². The van der Waals surface area contributed by atoms with E-state index in [1.54, 1.807) is 6.07 Å². The molecule has 1 aliphatic rings. The Labute approximate surface area is 143 Å². The second-order valence-electron chi connectivity index (χ2n) is 7.42. The molecule has 0 unspecified atom stereocenters. The van der Waals surface area contributed by atoms with Gasteiger partial charge in [0.25, 0.3) is 5.91 Å². The van der Waals surface area contributed by atoms with Gasteiger partial charge in [-0.1, -0.05) is 19.8 Å². The minimum atomic E-state index is -0.541. The molecule has 2 amide bonds. The van der Waals surface area contributed by atoms with Crippen LogP contribution in [0.4, 0.5) is 4.79 Å². The molecule has 2 N–H and O–H groups in total. The van der Waals surface area contributed by atoms with E-state index in [2.05, 4.69) is 10.6 Å². The summed E-state index contributed by atoms with van der Waals surface area (Å²) in [5, 5.41) is 5.85. The molecular formula is C18H28N2O4. The van der Waals surface area contributed by atoms with E-state index in [9.17, 15) is 9.59 Å². The molecule has 24 heavy (non-hydrogen) atoms. The van der Waals surface area contributed by atoms with E-state index in [0.717, 1.165) is 37.9 Å². The number of aryl methyl sites for hydroxylation is 1. The van der Waals surface area contributed by atoms with Crippen molar-refractivity contribution in [2.24, 2.45) is 0 Å². The Morgan fingerprint density at radius 2 is 1.92 bits per heavy atom. The number of ether oxygens (including phenoxy) is 1. The first kappa shape index (κ1) is 18.4. The lowest BCUT2D eigenvalue weighted by Crippen LogP contribution is -2.54. The molecular weight excluding hydrogens is 308 g/mol. The fourth-order valence-electron chi connectivity index (χ4n) is 2.95. The number of amides is 2. The highest BCUT2D eigenvalue weighted by Crippen LogP contribution is 2.29. The number of rotatable bonds is 5. The fraction of sp³-hybridized carbons (Fsp3) is 0.667. The van der Waals surface area contributed by atoms with Crippen LogP contribution >= 0.6 is 0 Å². The predicted molar refractivity (Wildman–Crippen MR) is 91.0 cm³/mol. The van der Waals surface area contributed by atoms with Gasteiger partial charge in [-0.05, 0) is 45.7 Å². The summed E-state index contributed by atoms with van der Waals surface area (Å²) in [6.07, 6.45) is 3.99. The molecule has 6 nitrogen and oxygen atoms in total. The lowest BCUT2D eigenvalue weighted by atomic mass is 9.97. The molecule has 6 heteroatoms. The van der Waals surface area contributed by atoms with Crippen LogP contribution in [0.25, 0.3) is 0 Å². The Bertz CT molecular complexity index is 580. The molecule has 1 aliphatic carbocycles. The van der Waals surface area contributed by atoms with Crippen LogP contribution in [0.5, 0.6) is 0 Å². The van der Waals surface area contributed by atoms with Crippen molar-refractivity contribution in [1.29, 1.82) is 0 Å². The molecule has 0 saturated heterocycles. The Morgan fingerprint density at radius 3 is 2.46 bits per heavy atom. The van der Waals surface area contributed by atoms with Gasteiger partial charge in [-0.3, -0.25) is 4.79 Å². The summed E-state index contributed by atoms with van der Waals surface area (Å²) >= 11 is 0. The standard InChI is InChI=1S/C18H28N2O4/c1-5-13-8-9-14(23-13)15(21)20-18(10-6-7-11-18)12-19-16(22)24-17(2,3)4/h8-9H,5-7,10-12H2,1-4H3,(H,19,22)(H,20,21). The minimum absolute atomic E-state index is 0.234. The zero-order valence-corrected chi connectivity index (χ0v) is 15.0. The maximum atomic E-state index is 12.5. The smallest absolute Gasteiger partial charge is 0.407 e. The highest BCUT2D eigenvalue weighted by molar-refractivity contribution is 5.92. The molecule has 1 fully saturated rings. The van der Waals surface area contributed by atoms with E-state index in [0.29, 0.717) is 12.3 Å². The average Bonchev–Trinajstić information content (AvgIpc) is 3.13. The third-order valence-electron chi connectivity index (χ3n) is 4.14. The van der Waals surface area contributed by atoms with Gasteiger partial charge in [0, 0.05) is 13.0 Å². The number of carbonyl (C=O) groups excluding carboxylic acids is 2. The summed E-state index contributed by atoms with van der Waals surface area (Å²) in [5.74, 6) is 0.866. The van der Waals surface area contributed by atoms with E-state index in [4.69, 9.17) is 9.15 Å². The van der Waals surface area contributed by atoms with Crippen molar-refractivity contribution in [3.05, 3.63) is 23.7 Å². The first-order valence-corrected chi connectivity index (χ1v) is 8.61. The molecule has 0 aliphatic heterocycles. The first-order valence-electron chi connectivity index (χ1n) is 8.61. The van der Waals surface area contributed by atoms with Crippen molar-refractivity contribution in [1.82, 2.24) is 10.6 Å². The van der Waals surface area contributed by atoms with Crippen LogP contribution in [0.15, 0.2) is 16.5 Å². The Hall–Kier alpha value is -1.98. The highest BCUT2D eigenvalue weighted by Gasteiger charge is 2.37. The third-order valence-corrected chi connectivity index (χ3v) is 4.14. The van der Waals surface area contributed by atoms with Crippen molar-refractivity contribution < 1.29 is 18.7 Å². The lowest BCUT2D eigenvalue weighted by Gasteiger charge is -2.31. The van der Waals surface area contributed by atoms with Gasteiger partial charge in [-0.15, -0.1) is 0 Å². The number of furan rings is 1. The molecule has 0 aromatic carbocycles. The van der Waals surface area contributed by atoms with Gasteiger partial charge in [0.05, 0.1) is 5.54 Å². The van der Waals surface area contributed by atoms with Crippen LogP contribution in [0.2, 0.25) is 0 Å². The Kier molecular flexibility index (Phi) is 5.57. The van der Waals surface area contributed by atoms with E-state index in [1.807, 2.05) is 33.8 Å². The molecule has 1 aromatic heterocycles. The van der Waals surface area contributed by atoms with Gasteiger partial charge in [0.15, 0.2) is 5.76 Å². The Balaban J connectivity index is 1.97. The monoisotopic (exact) mass is 336 g/mol. The zero-order chi connectivity index (χ0) is 17.8. The van der Waals surface area contributed by atoms with Gasteiger partial charge in [-0.25, -0.2) is 4.79 Å². The second-order valence-corrected chi connectivity index (χ2v) is 7.42. The summed E-state index contributed by atoms with van der Waals surface area (Å²) in [5.41, 5.74) is -0.978. The average molecular weight is 336 g/mol. The molecule has 0 atom stereocenters. The van der Waals surface area contributed by atoms with Gasteiger partial charge in [-0.2, -0.15) is 0 Å². The zero-order valence-electron chi connectivity index (χ0n) is 15.0. The van der Waals surface area contributed by atoms with Crippen LogP contribution in [0.1, 0.15) is 69.7 Å². The third kappa shape index (κ3) is 5.01. The van der Waals surface area contributed by atoms with E-state index >= 15 is 0 Å². The normalized spacial score (nSPS) is 16.7. The van der Waals surface area contributed by atoms with E-state index in [-0.39, 0.29) is 5.91 Å². The Morgan fingerprint density at radius 1 is 1.25 bits per heavy atom. The van der Waals surface area contributed by atoms with E-state index < -0.39 is 17.2 Å². The maximum absolute atomic E-state index is 12.5. The molecule has 2 rings (SSSR count). The lowest BCUT2D eigenvalue weighted by molar-refractivity contribution is 0.0504.